The highest BCUT2D eigenvalue weighted by Gasteiger charge is 2.12. The number of halogens is 1. The summed E-state index contributed by atoms with van der Waals surface area (Å²) >= 11 is 3.36. The van der Waals surface area contributed by atoms with Gasteiger partial charge in [0, 0.05) is 11.5 Å². The van der Waals surface area contributed by atoms with E-state index in [0.717, 1.165) is 22.2 Å². The van der Waals surface area contributed by atoms with E-state index >= 15 is 0 Å². The summed E-state index contributed by atoms with van der Waals surface area (Å²) in [5.41, 5.74) is 1.24. The summed E-state index contributed by atoms with van der Waals surface area (Å²) in [6.07, 6.45) is 0. The van der Waals surface area contributed by atoms with Crippen molar-refractivity contribution in [2.24, 2.45) is 4.99 Å². The number of benzene rings is 1. The molecule has 1 aromatic carbocycles. The molecule has 0 fully saturated rings. The molecule has 0 unspecified atom stereocenters. The summed E-state index contributed by atoms with van der Waals surface area (Å²) in [5, 5.41) is 9.01. The van der Waals surface area contributed by atoms with E-state index in [4.69, 9.17) is 5.11 Å². The molecule has 6 heteroatoms. The first-order valence-corrected chi connectivity index (χ1v) is 6.86. The third-order valence-corrected chi connectivity index (χ3v) is 4.46. The first-order valence-electron chi connectivity index (χ1n) is 4.88. The second-order valence-corrected chi connectivity index (χ2v) is 5.55. The maximum Gasteiger partial charge on any atom is 0.335 e. The highest BCUT2D eigenvalue weighted by atomic mass is 79.9. The minimum Gasteiger partial charge on any atom is -1.00 e. The van der Waals surface area contributed by atoms with Gasteiger partial charge >= 0.3 is 5.97 Å². The van der Waals surface area contributed by atoms with Gasteiger partial charge in [0.1, 0.15) is 4.38 Å². The molecule has 1 aromatic rings. The Kier molecular flexibility index (Phi) is 6.08. The first kappa shape index (κ1) is 14.6. The van der Waals surface area contributed by atoms with Gasteiger partial charge in [-0.1, -0.05) is 41.7 Å². The standard InChI is InChI=1S/C11H11NO2S2.BrH/c13-10(14)9-4-2-1-3-8(9)7-16-11-12-5-6-15-11;/h1-4H,5-7H2,(H,13,14);1H/p-1. The number of thioether (sulfide) groups is 2. The van der Waals surface area contributed by atoms with Gasteiger partial charge in [-0.15, -0.1) is 0 Å². The van der Waals surface area contributed by atoms with Crippen molar-refractivity contribution in [1.82, 2.24) is 0 Å². The Morgan fingerprint density at radius 2 is 2.24 bits per heavy atom. The van der Waals surface area contributed by atoms with Crippen LogP contribution in [0.1, 0.15) is 15.9 Å². The molecule has 17 heavy (non-hydrogen) atoms. The number of aromatic carboxylic acids is 1. The monoisotopic (exact) mass is 332 g/mol. The fraction of sp³-hybridized carbons (Fsp3) is 0.273. The maximum atomic E-state index is 11.0. The molecule has 0 atom stereocenters. The number of rotatable bonds is 3. The smallest absolute Gasteiger partial charge is 0.335 e. The third kappa shape index (κ3) is 4.04. The van der Waals surface area contributed by atoms with E-state index in [2.05, 4.69) is 4.99 Å². The van der Waals surface area contributed by atoms with E-state index in [0.29, 0.717) is 11.3 Å². The molecule has 1 N–H and O–H groups in total. The summed E-state index contributed by atoms with van der Waals surface area (Å²) in [5.74, 6) is 0.856. The van der Waals surface area contributed by atoms with Gasteiger partial charge < -0.3 is 22.1 Å². The van der Waals surface area contributed by atoms with Crippen LogP contribution >= 0.6 is 23.5 Å². The van der Waals surface area contributed by atoms with Crippen molar-refractivity contribution in [3.05, 3.63) is 35.4 Å². The van der Waals surface area contributed by atoms with E-state index < -0.39 is 5.97 Å². The van der Waals surface area contributed by atoms with Crippen LogP contribution in [0.25, 0.3) is 0 Å². The van der Waals surface area contributed by atoms with Gasteiger partial charge in [0.2, 0.25) is 0 Å². The highest BCUT2D eigenvalue weighted by molar-refractivity contribution is 8.38. The van der Waals surface area contributed by atoms with E-state index in [1.54, 1.807) is 35.7 Å². The predicted molar refractivity (Wildman–Crippen MR) is 69.5 cm³/mol. The summed E-state index contributed by atoms with van der Waals surface area (Å²) in [6.45, 7) is 0.883. The maximum absolute atomic E-state index is 11.0. The van der Waals surface area contributed by atoms with Crippen LogP contribution in [0.2, 0.25) is 0 Å². The number of carboxylic acid groups (broad SMARTS) is 1. The van der Waals surface area contributed by atoms with Crippen molar-refractivity contribution >= 4 is 33.9 Å². The number of carboxylic acids is 1. The highest BCUT2D eigenvalue weighted by Crippen LogP contribution is 2.26. The van der Waals surface area contributed by atoms with Gasteiger partial charge in [-0.2, -0.15) is 0 Å². The molecule has 0 radical (unpaired) electrons. The zero-order valence-electron chi connectivity index (χ0n) is 8.93. The normalized spacial score (nSPS) is 14.0. The van der Waals surface area contributed by atoms with Crippen molar-refractivity contribution in [1.29, 1.82) is 0 Å². The van der Waals surface area contributed by atoms with Crippen LogP contribution in [0.3, 0.4) is 0 Å². The molecule has 1 aliphatic heterocycles. The SMILES string of the molecule is O=C(O)c1ccccc1CSC1=NCCS1.[Br-]. The van der Waals surface area contributed by atoms with Gasteiger partial charge in [-0.25, -0.2) is 4.79 Å². The lowest BCUT2D eigenvalue weighted by Crippen LogP contribution is -3.00. The minimum atomic E-state index is -0.864. The molecule has 0 bridgehead atoms. The molecule has 0 saturated carbocycles. The molecule has 1 aliphatic rings. The zero-order valence-corrected chi connectivity index (χ0v) is 12.1. The average Bonchev–Trinajstić information content (AvgIpc) is 2.79. The fourth-order valence-corrected chi connectivity index (χ4v) is 3.41. The molecular weight excluding hydrogens is 322 g/mol. The van der Waals surface area contributed by atoms with Gasteiger partial charge in [0.25, 0.3) is 0 Å². The van der Waals surface area contributed by atoms with Crippen LogP contribution in [0.5, 0.6) is 0 Å². The quantitative estimate of drug-likeness (QED) is 0.827. The topological polar surface area (TPSA) is 49.7 Å². The van der Waals surface area contributed by atoms with Gasteiger partial charge in [-0.05, 0) is 11.6 Å². The fourth-order valence-electron chi connectivity index (χ4n) is 1.40. The second-order valence-electron chi connectivity index (χ2n) is 3.25. The average molecular weight is 333 g/mol. The van der Waals surface area contributed by atoms with Gasteiger partial charge in [-0.3, -0.25) is 4.99 Å². The number of aliphatic imine (C=N–C) groups is 1. The summed E-state index contributed by atoms with van der Waals surface area (Å²) in [6, 6.07) is 7.11. The van der Waals surface area contributed by atoms with Crippen LogP contribution in [-0.4, -0.2) is 27.7 Å². The lowest BCUT2D eigenvalue weighted by Gasteiger charge is -2.04. The Morgan fingerprint density at radius 1 is 1.47 bits per heavy atom. The Morgan fingerprint density at radius 3 is 2.88 bits per heavy atom. The third-order valence-electron chi connectivity index (χ3n) is 2.16. The van der Waals surface area contributed by atoms with Gasteiger partial charge in [0.05, 0.1) is 12.1 Å². The van der Waals surface area contributed by atoms with Crippen LogP contribution in [0.4, 0.5) is 0 Å². The molecule has 0 aromatic heterocycles. The van der Waals surface area contributed by atoms with Gasteiger partial charge in [0.15, 0.2) is 0 Å². The summed E-state index contributed by atoms with van der Waals surface area (Å²) in [7, 11) is 0. The molecule has 3 nitrogen and oxygen atoms in total. The molecular formula is C11H11BrNO2S2-. The molecule has 0 amide bonds. The molecule has 0 aliphatic carbocycles. The van der Waals surface area contributed by atoms with E-state index in [-0.39, 0.29) is 17.0 Å². The van der Waals surface area contributed by atoms with Crippen LogP contribution < -0.4 is 17.0 Å². The lowest BCUT2D eigenvalue weighted by atomic mass is 10.1. The van der Waals surface area contributed by atoms with Crippen LogP contribution in [0.15, 0.2) is 29.3 Å². The Balaban J connectivity index is 0.00000144. The summed E-state index contributed by atoms with van der Waals surface area (Å²) < 4.78 is 1.07. The van der Waals surface area contributed by atoms with Crippen LogP contribution in [-0.2, 0) is 5.75 Å². The van der Waals surface area contributed by atoms with E-state index in [1.807, 2.05) is 12.1 Å². The van der Waals surface area contributed by atoms with Crippen molar-refractivity contribution in [2.75, 3.05) is 12.3 Å². The van der Waals surface area contributed by atoms with Crippen molar-refractivity contribution < 1.29 is 26.9 Å². The van der Waals surface area contributed by atoms with Crippen molar-refractivity contribution in [3.63, 3.8) is 0 Å². The van der Waals surface area contributed by atoms with Crippen molar-refractivity contribution in [2.45, 2.75) is 5.75 Å². The zero-order chi connectivity index (χ0) is 11.4. The molecule has 92 valence electrons. The molecule has 1 heterocycles. The number of carbonyl (C=O) groups is 1. The Bertz CT molecular complexity index is 437. The Labute approximate surface area is 119 Å². The molecule has 0 spiro atoms. The number of hydrogen-bond acceptors (Lipinski definition) is 4. The van der Waals surface area contributed by atoms with E-state index in [9.17, 15) is 4.79 Å². The predicted octanol–water partition coefficient (Wildman–Crippen LogP) is -0.275. The molecule has 2 rings (SSSR count). The summed E-state index contributed by atoms with van der Waals surface area (Å²) in [4.78, 5) is 15.3. The van der Waals surface area contributed by atoms with Crippen molar-refractivity contribution in [3.8, 4) is 0 Å². The molecule has 0 saturated heterocycles. The number of nitrogens with zero attached hydrogens (tertiary/aromatic N) is 1. The van der Waals surface area contributed by atoms with E-state index in [1.165, 1.54) is 0 Å². The first-order chi connectivity index (χ1) is 7.77. The largest absolute Gasteiger partial charge is 1.00 e. The minimum absolute atomic E-state index is 0. The second kappa shape index (κ2) is 7.08. The van der Waals surface area contributed by atoms with Crippen LogP contribution in [0, 0.1) is 0 Å². The number of hydrogen-bond donors (Lipinski definition) is 1. The lowest BCUT2D eigenvalue weighted by molar-refractivity contribution is -0.0000188. The Hall–Kier alpha value is -0.460.